The largest absolute Gasteiger partial charge is 0.378 e. The van der Waals surface area contributed by atoms with Gasteiger partial charge in [-0.05, 0) is 66.8 Å². The first-order chi connectivity index (χ1) is 14.3. The molecule has 3 amide bonds. The molecule has 1 aliphatic rings. The van der Waals surface area contributed by atoms with Gasteiger partial charge < -0.3 is 15.0 Å². The van der Waals surface area contributed by atoms with Crippen LogP contribution in [0, 0.1) is 13.8 Å². The number of aryl methyl sites for hydroxylation is 2. The summed E-state index contributed by atoms with van der Waals surface area (Å²) in [6.45, 7) is 11.3. The van der Waals surface area contributed by atoms with Gasteiger partial charge in [-0.3, -0.25) is 10.2 Å². The van der Waals surface area contributed by atoms with Crippen LogP contribution in [-0.4, -0.2) is 38.2 Å². The summed E-state index contributed by atoms with van der Waals surface area (Å²) in [6.07, 6.45) is 0. The van der Waals surface area contributed by atoms with Crippen LogP contribution < -0.4 is 21.1 Å². The van der Waals surface area contributed by atoms with Gasteiger partial charge in [0.15, 0.2) is 0 Å². The Morgan fingerprint density at radius 1 is 0.967 bits per heavy atom. The minimum atomic E-state index is -0.503. The van der Waals surface area contributed by atoms with E-state index in [9.17, 15) is 9.59 Å². The van der Waals surface area contributed by atoms with E-state index in [1.54, 1.807) is 0 Å². The standard InChI is InChI=1S/C23H30N4O3/c1-15(2)20-14-21(17(4)13-16(20)3)22(28)25-26-23(29)24-18-5-7-19(8-6-18)27-9-11-30-12-10-27/h5-8,13-15H,9-12H2,1-4H3,(H,25,28)(H2,24,26,29). The number of nitrogens with zero attached hydrogens (tertiary/aromatic N) is 1. The molecule has 0 atom stereocenters. The Hall–Kier alpha value is -3.06. The van der Waals surface area contributed by atoms with Crippen molar-refractivity contribution in [1.82, 2.24) is 10.9 Å². The molecular formula is C23H30N4O3. The van der Waals surface area contributed by atoms with Gasteiger partial charge in [-0.1, -0.05) is 19.9 Å². The van der Waals surface area contributed by atoms with Gasteiger partial charge in [-0.25, -0.2) is 10.2 Å². The molecule has 7 heteroatoms. The van der Waals surface area contributed by atoms with Gasteiger partial charge in [-0.15, -0.1) is 0 Å². The van der Waals surface area contributed by atoms with E-state index < -0.39 is 6.03 Å². The van der Waals surface area contributed by atoms with Crippen LogP contribution >= 0.6 is 0 Å². The van der Waals surface area contributed by atoms with Gasteiger partial charge >= 0.3 is 6.03 Å². The average molecular weight is 411 g/mol. The predicted octanol–water partition coefficient (Wildman–Crippen LogP) is 3.73. The summed E-state index contributed by atoms with van der Waals surface area (Å²) < 4.78 is 5.37. The highest BCUT2D eigenvalue weighted by molar-refractivity contribution is 5.98. The molecule has 0 radical (unpaired) electrons. The molecule has 160 valence electrons. The summed E-state index contributed by atoms with van der Waals surface area (Å²) in [5.41, 5.74) is 10.3. The highest BCUT2D eigenvalue weighted by Crippen LogP contribution is 2.23. The molecule has 2 aromatic carbocycles. The first-order valence-corrected chi connectivity index (χ1v) is 10.3. The molecule has 1 saturated heterocycles. The smallest absolute Gasteiger partial charge is 0.337 e. The monoisotopic (exact) mass is 410 g/mol. The summed E-state index contributed by atoms with van der Waals surface area (Å²) in [6, 6.07) is 11.0. The lowest BCUT2D eigenvalue weighted by Gasteiger charge is -2.28. The summed E-state index contributed by atoms with van der Waals surface area (Å²) in [5, 5.41) is 2.72. The van der Waals surface area contributed by atoms with Crippen molar-refractivity contribution in [3.8, 4) is 0 Å². The summed E-state index contributed by atoms with van der Waals surface area (Å²) in [4.78, 5) is 27.0. The van der Waals surface area contributed by atoms with Gasteiger partial charge in [0.05, 0.1) is 13.2 Å². The molecule has 1 aliphatic heterocycles. The number of morpholine rings is 1. The minimum absolute atomic E-state index is 0.314. The summed E-state index contributed by atoms with van der Waals surface area (Å²) >= 11 is 0. The lowest BCUT2D eigenvalue weighted by atomic mass is 9.93. The van der Waals surface area contributed by atoms with E-state index in [0.29, 0.717) is 17.2 Å². The normalized spacial score (nSPS) is 13.8. The van der Waals surface area contributed by atoms with Gasteiger partial charge in [0.1, 0.15) is 0 Å². The molecule has 1 heterocycles. The average Bonchev–Trinajstić information content (AvgIpc) is 2.73. The Bertz CT molecular complexity index is 903. The number of benzene rings is 2. The van der Waals surface area contributed by atoms with Gasteiger partial charge in [0.2, 0.25) is 0 Å². The van der Waals surface area contributed by atoms with Crippen molar-refractivity contribution >= 4 is 23.3 Å². The van der Waals surface area contributed by atoms with E-state index in [-0.39, 0.29) is 5.91 Å². The van der Waals surface area contributed by atoms with Gasteiger partial charge in [0, 0.05) is 30.0 Å². The van der Waals surface area contributed by atoms with Crippen LogP contribution in [0.1, 0.15) is 46.8 Å². The molecule has 0 unspecified atom stereocenters. The van der Waals surface area contributed by atoms with Crippen molar-refractivity contribution in [2.45, 2.75) is 33.6 Å². The van der Waals surface area contributed by atoms with E-state index in [1.807, 2.05) is 50.2 Å². The SMILES string of the molecule is Cc1cc(C)c(C(C)C)cc1C(=O)NNC(=O)Nc1ccc(N2CCOCC2)cc1. The third kappa shape index (κ3) is 5.30. The highest BCUT2D eigenvalue weighted by Gasteiger charge is 2.15. The molecule has 3 rings (SSSR count). The molecule has 0 bridgehead atoms. The Morgan fingerprint density at radius 3 is 2.27 bits per heavy atom. The molecule has 0 spiro atoms. The molecule has 0 saturated carbocycles. The number of ether oxygens (including phenoxy) is 1. The van der Waals surface area contributed by atoms with Crippen molar-refractivity contribution in [1.29, 1.82) is 0 Å². The molecule has 0 aliphatic carbocycles. The molecule has 1 fully saturated rings. The lowest BCUT2D eigenvalue weighted by Crippen LogP contribution is -2.44. The number of carbonyl (C=O) groups excluding carboxylic acids is 2. The second-order valence-electron chi connectivity index (χ2n) is 7.86. The number of hydrogen-bond acceptors (Lipinski definition) is 4. The maximum atomic E-state index is 12.6. The second kappa shape index (κ2) is 9.63. The Labute approximate surface area is 177 Å². The fourth-order valence-corrected chi connectivity index (χ4v) is 3.66. The van der Waals surface area contributed by atoms with Gasteiger partial charge in [-0.2, -0.15) is 0 Å². The van der Waals surface area contributed by atoms with E-state index >= 15 is 0 Å². The Kier molecular flexibility index (Phi) is 6.95. The number of urea groups is 1. The Morgan fingerprint density at radius 2 is 1.63 bits per heavy atom. The zero-order valence-corrected chi connectivity index (χ0v) is 18.0. The highest BCUT2D eigenvalue weighted by atomic mass is 16.5. The van der Waals surface area contributed by atoms with Crippen molar-refractivity contribution in [3.05, 3.63) is 58.7 Å². The molecular weight excluding hydrogens is 380 g/mol. The molecule has 0 aromatic heterocycles. The fraction of sp³-hybridized carbons (Fsp3) is 0.391. The minimum Gasteiger partial charge on any atom is -0.378 e. The zero-order valence-electron chi connectivity index (χ0n) is 18.0. The number of rotatable bonds is 4. The van der Waals surface area contributed by atoms with Crippen LogP contribution in [0.4, 0.5) is 16.2 Å². The predicted molar refractivity (Wildman–Crippen MR) is 119 cm³/mol. The topological polar surface area (TPSA) is 82.7 Å². The number of anilines is 2. The van der Waals surface area contributed by atoms with Crippen molar-refractivity contribution < 1.29 is 14.3 Å². The third-order valence-corrected chi connectivity index (χ3v) is 5.27. The number of hydrazine groups is 1. The Balaban J connectivity index is 1.55. The number of carbonyl (C=O) groups is 2. The van der Waals surface area contributed by atoms with Gasteiger partial charge in [0.25, 0.3) is 5.91 Å². The van der Waals surface area contributed by atoms with Crippen LogP contribution in [0.25, 0.3) is 0 Å². The first kappa shape index (κ1) is 21.6. The van der Waals surface area contributed by atoms with Crippen LogP contribution in [0.15, 0.2) is 36.4 Å². The van der Waals surface area contributed by atoms with E-state index in [2.05, 4.69) is 34.9 Å². The van der Waals surface area contributed by atoms with E-state index in [1.165, 1.54) is 0 Å². The lowest BCUT2D eigenvalue weighted by molar-refractivity contribution is 0.0937. The van der Waals surface area contributed by atoms with Crippen molar-refractivity contribution in [2.24, 2.45) is 0 Å². The third-order valence-electron chi connectivity index (χ3n) is 5.27. The van der Waals surface area contributed by atoms with Crippen LogP contribution in [0.3, 0.4) is 0 Å². The number of nitrogens with one attached hydrogen (secondary N) is 3. The number of amides is 3. The van der Waals surface area contributed by atoms with Crippen LogP contribution in [-0.2, 0) is 4.74 Å². The zero-order chi connectivity index (χ0) is 21.7. The molecule has 3 N–H and O–H groups in total. The van der Waals surface area contributed by atoms with E-state index in [4.69, 9.17) is 4.74 Å². The van der Waals surface area contributed by atoms with E-state index in [0.717, 1.165) is 48.7 Å². The van der Waals surface area contributed by atoms with Crippen LogP contribution in [0.5, 0.6) is 0 Å². The molecule has 30 heavy (non-hydrogen) atoms. The quantitative estimate of drug-likeness (QED) is 0.671. The number of hydrogen-bond donors (Lipinski definition) is 3. The second-order valence-corrected chi connectivity index (χ2v) is 7.86. The van der Waals surface area contributed by atoms with Crippen LogP contribution in [0.2, 0.25) is 0 Å². The molecule has 7 nitrogen and oxygen atoms in total. The van der Waals surface area contributed by atoms with Crippen molar-refractivity contribution in [2.75, 3.05) is 36.5 Å². The maximum absolute atomic E-state index is 12.6. The first-order valence-electron chi connectivity index (χ1n) is 10.3. The summed E-state index contributed by atoms with van der Waals surface area (Å²) in [5.74, 6) is -0.0268. The fourth-order valence-electron chi connectivity index (χ4n) is 3.66. The van der Waals surface area contributed by atoms with Crippen molar-refractivity contribution in [3.63, 3.8) is 0 Å². The maximum Gasteiger partial charge on any atom is 0.337 e. The summed E-state index contributed by atoms with van der Waals surface area (Å²) in [7, 11) is 0. The molecule has 2 aromatic rings.